The van der Waals surface area contributed by atoms with Crippen molar-refractivity contribution < 1.29 is 9.59 Å². The molecule has 1 amide bonds. The van der Waals surface area contributed by atoms with Gasteiger partial charge in [-0.2, -0.15) is 0 Å². The van der Waals surface area contributed by atoms with Gasteiger partial charge in [0.2, 0.25) is 5.91 Å². The molecule has 4 nitrogen and oxygen atoms in total. The van der Waals surface area contributed by atoms with E-state index in [-0.39, 0.29) is 23.7 Å². The van der Waals surface area contributed by atoms with Crippen molar-refractivity contribution in [2.45, 2.75) is 37.8 Å². The predicted octanol–water partition coefficient (Wildman–Crippen LogP) is 2.73. The van der Waals surface area contributed by atoms with E-state index in [4.69, 9.17) is 5.73 Å². The summed E-state index contributed by atoms with van der Waals surface area (Å²) in [7, 11) is 0. The normalized spacial score (nSPS) is 18.4. The van der Waals surface area contributed by atoms with Gasteiger partial charge < -0.3 is 10.6 Å². The Labute approximate surface area is 148 Å². The smallest absolute Gasteiger partial charge is 0.241 e. The molecule has 25 heavy (non-hydrogen) atoms. The summed E-state index contributed by atoms with van der Waals surface area (Å²) in [6.45, 7) is 2.15. The van der Waals surface area contributed by atoms with Crippen LogP contribution in [0.1, 0.15) is 36.8 Å². The van der Waals surface area contributed by atoms with E-state index in [1.165, 1.54) is 0 Å². The van der Waals surface area contributed by atoms with E-state index in [1.807, 2.05) is 60.7 Å². The molecule has 0 unspecified atom stereocenters. The Hall–Kier alpha value is -2.46. The summed E-state index contributed by atoms with van der Waals surface area (Å²) in [5.41, 5.74) is 8.48. The number of carbonyl (C=O) groups excluding carboxylic acids is 2. The summed E-state index contributed by atoms with van der Waals surface area (Å²) in [4.78, 5) is 26.6. The summed E-state index contributed by atoms with van der Waals surface area (Å²) >= 11 is 0. The maximum absolute atomic E-state index is 13.1. The van der Waals surface area contributed by atoms with Crippen LogP contribution in [0, 0.1) is 0 Å². The lowest BCUT2D eigenvalue weighted by molar-refractivity contribution is -0.138. The van der Waals surface area contributed by atoms with Crippen LogP contribution >= 0.6 is 0 Å². The zero-order valence-electron chi connectivity index (χ0n) is 14.5. The number of Topliss-reactive ketones (excluding diaryl/α,β-unsaturated/α-hetero) is 1. The molecule has 2 aromatic carbocycles. The number of ketones is 1. The predicted molar refractivity (Wildman–Crippen MR) is 98.1 cm³/mol. The summed E-state index contributed by atoms with van der Waals surface area (Å²) in [5.74, 6) is -0.340. The molecule has 0 aromatic heterocycles. The fourth-order valence-corrected chi connectivity index (χ4v) is 3.72. The van der Waals surface area contributed by atoms with Crippen LogP contribution in [0.3, 0.4) is 0 Å². The average molecular weight is 336 g/mol. The van der Waals surface area contributed by atoms with Crippen LogP contribution < -0.4 is 5.73 Å². The maximum atomic E-state index is 13.1. The number of hydrogen-bond acceptors (Lipinski definition) is 3. The molecule has 1 saturated heterocycles. The number of nitrogens with two attached hydrogens (primary N) is 1. The summed E-state index contributed by atoms with van der Waals surface area (Å²) < 4.78 is 0. The van der Waals surface area contributed by atoms with Crippen LogP contribution in [0.5, 0.6) is 0 Å². The molecule has 3 rings (SSSR count). The molecule has 1 aliphatic rings. The van der Waals surface area contributed by atoms with Gasteiger partial charge in [-0.25, -0.2) is 0 Å². The SMILES string of the molecule is CC(=O)[C@@H]1CCCN1C(=O)[C@H](N)C(c1ccccc1)c1ccccc1. The monoisotopic (exact) mass is 336 g/mol. The number of hydrogen-bond donors (Lipinski definition) is 1. The number of nitrogens with zero attached hydrogens (tertiary/aromatic N) is 1. The van der Waals surface area contributed by atoms with E-state index in [9.17, 15) is 9.59 Å². The molecule has 1 aliphatic heterocycles. The highest BCUT2D eigenvalue weighted by atomic mass is 16.2. The average Bonchev–Trinajstić information content (AvgIpc) is 3.13. The standard InChI is InChI=1S/C21H24N2O2/c1-15(24)18-13-8-14-23(18)21(25)20(22)19(16-9-4-2-5-10-16)17-11-6-3-7-12-17/h2-7,9-12,18-20H,8,13-14,22H2,1H3/t18-,20+/m0/s1. The van der Waals surface area contributed by atoms with Crippen LogP contribution in [-0.4, -0.2) is 35.2 Å². The lowest BCUT2D eigenvalue weighted by Crippen LogP contribution is -2.50. The molecular weight excluding hydrogens is 312 g/mol. The molecule has 2 aromatic rings. The molecule has 0 saturated carbocycles. The fraction of sp³-hybridized carbons (Fsp3) is 0.333. The third-order valence-electron chi connectivity index (χ3n) is 4.97. The zero-order valence-corrected chi connectivity index (χ0v) is 14.5. The van der Waals surface area contributed by atoms with Crippen molar-refractivity contribution in [3.63, 3.8) is 0 Å². The Bertz CT molecular complexity index is 691. The minimum Gasteiger partial charge on any atom is -0.331 e. The number of rotatable bonds is 5. The first-order chi connectivity index (χ1) is 12.1. The van der Waals surface area contributed by atoms with Crippen LogP contribution in [0.2, 0.25) is 0 Å². The summed E-state index contributed by atoms with van der Waals surface area (Å²) in [5, 5.41) is 0. The topological polar surface area (TPSA) is 63.4 Å². The van der Waals surface area contributed by atoms with Crippen molar-refractivity contribution in [2.75, 3.05) is 6.54 Å². The van der Waals surface area contributed by atoms with E-state index >= 15 is 0 Å². The molecule has 1 fully saturated rings. The molecule has 4 heteroatoms. The van der Waals surface area contributed by atoms with Crippen molar-refractivity contribution in [1.29, 1.82) is 0 Å². The number of benzene rings is 2. The fourth-order valence-electron chi connectivity index (χ4n) is 3.72. The molecule has 2 N–H and O–H groups in total. The van der Waals surface area contributed by atoms with Gasteiger partial charge in [0, 0.05) is 12.5 Å². The molecule has 0 aliphatic carbocycles. The van der Waals surface area contributed by atoms with Gasteiger partial charge in [0.05, 0.1) is 12.1 Å². The Morgan fingerprint density at radius 1 is 1.00 bits per heavy atom. The first-order valence-electron chi connectivity index (χ1n) is 8.76. The van der Waals surface area contributed by atoms with Gasteiger partial charge in [-0.05, 0) is 30.9 Å². The Kier molecular flexibility index (Phi) is 5.29. The van der Waals surface area contributed by atoms with Gasteiger partial charge in [-0.1, -0.05) is 60.7 Å². The van der Waals surface area contributed by atoms with Gasteiger partial charge in [-0.3, -0.25) is 9.59 Å². The number of carbonyl (C=O) groups is 2. The van der Waals surface area contributed by atoms with E-state index in [0.29, 0.717) is 6.54 Å². The minimum atomic E-state index is -0.718. The first kappa shape index (κ1) is 17.4. The third-order valence-corrected chi connectivity index (χ3v) is 4.97. The van der Waals surface area contributed by atoms with Gasteiger partial charge in [-0.15, -0.1) is 0 Å². The van der Waals surface area contributed by atoms with Gasteiger partial charge in [0.25, 0.3) is 0 Å². The molecule has 0 bridgehead atoms. The van der Waals surface area contributed by atoms with Crippen LogP contribution in [-0.2, 0) is 9.59 Å². The van der Waals surface area contributed by atoms with E-state index in [0.717, 1.165) is 24.0 Å². The quantitative estimate of drug-likeness (QED) is 0.913. The Morgan fingerprint density at radius 3 is 2.00 bits per heavy atom. The maximum Gasteiger partial charge on any atom is 0.241 e. The first-order valence-corrected chi connectivity index (χ1v) is 8.76. The number of likely N-dealkylation sites (tertiary alicyclic amines) is 1. The van der Waals surface area contributed by atoms with E-state index in [1.54, 1.807) is 11.8 Å². The summed E-state index contributed by atoms with van der Waals surface area (Å²) in [6, 6.07) is 18.7. The third kappa shape index (κ3) is 3.64. The van der Waals surface area contributed by atoms with Crippen LogP contribution in [0.15, 0.2) is 60.7 Å². The van der Waals surface area contributed by atoms with Crippen molar-refractivity contribution >= 4 is 11.7 Å². The van der Waals surface area contributed by atoms with E-state index in [2.05, 4.69) is 0 Å². The number of amides is 1. The zero-order chi connectivity index (χ0) is 17.8. The second-order valence-electron chi connectivity index (χ2n) is 6.63. The minimum absolute atomic E-state index is 0.0361. The highest BCUT2D eigenvalue weighted by Gasteiger charge is 2.37. The van der Waals surface area contributed by atoms with Gasteiger partial charge >= 0.3 is 0 Å². The molecule has 1 heterocycles. The Balaban J connectivity index is 1.93. The van der Waals surface area contributed by atoms with Gasteiger partial charge in [0.1, 0.15) is 0 Å². The van der Waals surface area contributed by atoms with Crippen molar-refractivity contribution in [1.82, 2.24) is 4.90 Å². The second kappa shape index (κ2) is 7.62. The lowest BCUT2D eigenvalue weighted by Gasteiger charge is -2.30. The van der Waals surface area contributed by atoms with E-state index < -0.39 is 6.04 Å². The molecular formula is C21H24N2O2. The largest absolute Gasteiger partial charge is 0.331 e. The second-order valence-corrected chi connectivity index (χ2v) is 6.63. The van der Waals surface area contributed by atoms with Crippen molar-refractivity contribution in [2.24, 2.45) is 5.73 Å². The Morgan fingerprint density at radius 2 is 1.52 bits per heavy atom. The van der Waals surface area contributed by atoms with Crippen LogP contribution in [0.4, 0.5) is 0 Å². The summed E-state index contributed by atoms with van der Waals surface area (Å²) in [6.07, 6.45) is 1.58. The van der Waals surface area contributed by atoms with Crippen LogP contribution in [0.25, 0.3) is 0 Å². The van der Waals surface area contributed by atoms with Crippen molar-refractivity contribution in [3.05, 3.63) is 71.8 Å². The highest BCUT2D eigenvalue weighted by molar-refractivity contribution is 5.91. The lowest BCUT2D eigenvalue weighted by atomic mass is 9.84. The molecule has 130 valence electrons. The van der Waals surface area contributed by atoms with Gasteiger partial charge in [0.15, 0.2) is 5.78 Å². The van der Waals surface area contributed by atoms with Crippen molar-refractivity contribution in [3.8, 4) is 0 Å². The molecule has 0 spiro atoms. The molecule has 0 radical (unpaired) electrons. The highest BCUT2D eigenvalue weighted by Crippen LogP contribution is 2.29. The molecule has 2 atom stereocenters.